The van der Waals surface area contributed by atoms with Crippen molar-refractivity contribution in [1.29, 1.82) is 0 Å². The number of hydrogen-bond acceptors (Lipinski definition) is 15. The number of nitrogens with two attached hydrogens (primary N) is 2. The van der Waals surface area contributed by atoms with Gasteiger partial charge in [-0.1, -0.05) is 173 Å². The SMILES string of the molecule is C\C(=C/C=C/C=C/CC/C=C/C(C)C(O)C(C)C(O)/C=C/C=C/C=C/C=C/C=C/C=C\C(O)C(C)C(=NC(C)C)C(O)CC(O)/C=C/CC(O)CC(O)CC(O)/C=C/CC(O)CC(O)/C=C/CC(O)CC(O)CCCN=C(N)N)C(=O)O. The number of allylic oxidation sites excluding steroid dienone is 16. The van der Waals surface area contributed by atoms with Crippen LogP contribution in [0.1, 0.15) is 119 Å². The number of hydrogen-bond donors (Lipinski definition) is 15. The summed E-state index contributed by atoms with van der Waals surface area (Å²) in [5.74, 6) is -2.10. The van der Waals surface area contributed by atoms with E-state index in [1.54, 1.807) is 92.8 Å². The Morgan fingerprint density at radius 3 is 1.45 bits per heavy atom. The Hall–Kier alpha value is -5.45. The molecule has 0 aliphatic carbocycles. The van der Waals surface area contributed by atoms with Gasteiger partial charge < -0.3 is 77.9 Å². The fourth-order valence-electron chi connectivity index (χ4n) is 7.99. The highest BCUT2D eigenvalue weighted by molar-refractivity contribution is 5.91. The molecule has 0 radical (unpaired) electrons. The number of unbranched alkanes of at least 4 members (excludes halogenated alkanes) is 1. The van der Waals surface area contributed by atoms with Crippen molar-refractivity contribution in [2.75, 3.05) is 6.54 Å². The number of carboxylic acids is 1. The van der Waals surface area contributed by atoms with Crippen LogP contribution in [0.5, 0.6) is 0 Å². The molecule has 0 aromatic heterocycles. The van der Waals surface area contributed by atoms with Crippen LogP contribution in [0.2, 0.25) is 0 Å². The van der Waals surface area contributed by atoms with Crippen LogP contribution in [0, 0.1) is 17.8 Å². The fourth-order valence-corrected chi connectivity index (χ4v) is 7.99. The molecule has 0 saturated carbocycles. The molecule has 82 heavy (non-hydrogen) atoms. The van der Waals surface area contributed by atoms with Crippen LogP contribution < -0.4 is 11.5 Å². The number of aliphatic carboxylic acids is 1. The molecule has 0 bridgehead atoms. The normalized spacial score (nSPS) is 19.4. The highest BCUT2D eigenvalue weighted by Gasteiger charge is 2.27. The summed E-state index contributed by atoms with van der Waals surface area (Å²) in [6, 6.07) is -0.197. The second kappa shape index (κ2) is 47.0. The summed E-state index contributed by atoms with van der Waals surface area (Å²) in [7, 11) is 0. The van der Waals surface area contributed by atoms with Crippen molar-refractivity contribution in [3.8, 4) is 0 Å². The van der Waals surface area contributed by atoms with E-state index in [1.165, 1.54) is 37.3 Å². The molecule has 0 heterocycles. The maximum Gasteiger partial charge on any atom is 0.331 e. The largest absolute Gasteiger partial charge is 0.478 e. The second-order valence-electron chi connectivity index (χ2n) is 21.0. The molecular formula is C64H102N4O14. The van der Waals surface area contributed by atoms with Gasteiger partial charge in [0.05, 0.1) is 73.2 Å². The first-order valence-corrected chi connectivity index (χ1v) is 28.6. The predicted octanol–water partition coefficient (Wildman–Crippen LogP) is 5.73. The molecule has 0 saturated heterocycles. The molecule has 15 atom stereocenters. The Kier molecular flexibility index (Phi) is 43.8. The first-order valence-electron chi connectivity index (χ1n) is 28.6. The van der Waals surface area contributed by atoms with E-state index in [4.69, 9.17) is 16.6 Å². The highest BCUT2D eigenvalue weighted by Crippen LogP contribution is 2.20. The molecule has 0 spiro atoms. The third-order valence-electron chi connectivity index (χ3n) is 12.8. The lowest BCUT2D eigenvalue weighted by Crippen LogP contribution is -2.36. The third kappa shape index (κ3) is 41.5. The van der Waals surface area contributed by atoms with Crippen LogP contribution in [0.25, 0.3) is 0 Å². The highest BCUT2D eigenvalue weighted by atomic mass is 16.4. The van der Waals surface area contributed by atoms with E-state index >= 15 is 0 Å². The zero-order valence-electron chi connectivity index (χ0n) is 49.1. The van der Waals surface area contributed by atoms with E-state index in [1.807, 2.05) is 63.3 Å². The van der Waals surface area contributed by atoms with Crippen molar-refractivity contribution in [1.82, 2.24) is 0 Å². The minimum Gasteiger partial charge on any atom is -0.478 e. The summed E-state index contributed by atoms with van der Waals surface area (Å²) < 4.78 is 0. The van der Waals surface area contributed by atoms with Gasteiger partial charge in [0.2, 0.25) is 0 Å². The predicted molar refractivity (Wildman–Crippen MR) is 329 cm³/mol. The molecule has 0 aliphatic rings. The van der Waals surface area contributed by atoms with Crippen molar-refractivity contribution < 1.29 is 71.2 Å². The van der Waals surface area contributed by atoms with Gasteiger partial charge in [0.1, 0.15) is 0 Å². The summed E-state index contributed by atoms with van der Waals surface area (Å²) >= 11 is 0. The average Bonchev–Trinajstić information content (AvgIpc) is 3.39. The van der Waals surface area contributed by atoms with Crippen molar-refractivity contribution in [3.05, 3.63) is 157 Å². The van der Waals surface area contributed by atoms with E-state index in [2.05, 4.69) is 9.98 Å². The summed E-state index contributed by atoms with van der Waals surface area (Å²) in [5.41, 5.74) is 11.1. The van der Waals surface area contributed by atoms with E-state index < -0.39 is 91.1 Å². The molecule has 15 unspecified atom stereocenters. The molecule has 17 N–H and O–H groups in total. The van der Waals surface area contributed by atoms with Crippen molar-refractivity contribution in [2.45, 2.75) is 198 Å². The molecule has 0 aliphatic heterocycles. The molecule has 0 fully saturated rings. The topological polar surface area (TPSA) is 357 Å². The lowest BCUT2D eigenvalue weighted by Gasteiger charge is -2.25. The molecule has 0 aromatic carbocycles. The van der Waals surface area contributed by atoms with Crippen LogP contribution >= 0.6 is 0 Å². The average molecular weight is 1150 g/mol. The first-order chi connectivity index (χ1) is 38.8. The summed E-state index contributed by atoms with van der Waals surface area (Å²) in [5, 5.41) is 135. The maximum absolute atomic E-state index is 11.1. The lowest BCUT2D eigenvalue weighted by molar-refractivity contribution is -0.132. The van der Waals surface area contributed by atoms with E-state index in [0.29, 0.717) is 25.1 Å². The number of nitrogens with zero attached hydrogens (tertiary/aromatic N) is 2. The molecule has 0 aromatic rings. The minimum absolute atomic E-state index is 0.00823. The number of guanidine groups is 1. The van der Waals surface area contributed by atoms with E-state index in [9.17, 15) is 66.1 Å². The summed E-state index contributed by atoms with van der Waals surface area (Å²) in [4.78, 5) is 19.2. The van der Waals surface area contributed by atoms with Gasteiger partial charge in [-0.3, -0.25) is 9.98 Å². The van der Waals surface area contributed by atoms with Gasteiger partial charge in [-0.05, 0) is 78.6 Å². The van der Waals surface area contributed by atoms with Gasteiger partial charge in [0.25, 0.3) is 0 Å². The number of aliphatic imine (C=N–C) groups is 2. The van der Waals surface area contributed by atoms with Gasteiger partial charge in [-0.2, -0.15) is 0 Å². The summed E-state index contributed by atoms with van der Waals surface area (Å²) in [6.07, 6.45) is 34.2. The van der Waals surface area contributed by atoms with Crippen molar-refractivity contribution >= 4 is 17.6 Å². The number of carbonyl (C=O) groups is 1. The summed E-state index contributed by atoms with van der Waals surface area (Å²) in [6.45, 7) is 11.0. The van der Waals surface area contributed by atoms with Gasteiger partial charge >= 0.3 is 5.97 Å². The fraction of sp³-hybridized carbons (Fsp3) is 0.547. The Bertz CT molecular complexity index is 2190. The Balaban J connectivity index is 4.82. The smallest absolute Gasteiger partial charge is 0.331 e. The monoisotopic (exact) mass is 1150 g/mol. The van der Waals surface area contributed by atoms with Gasteiger partial charge in [0, 0.05) is 60.9 Å². The minimum atomic E-state index is -1.18. The third-order valence-corrected chi connectivity index (χ3v) is 12.8. The van der Waals surface area contributed by atoms with Crippen LogP contribution in [0.15, 0.2) is 167 Å². The standard InChI is InChI=1S/C64H102N4O14/c1-45(2)68-61(48(5)58(77)37-22-18-14-9-7-8-10-15-19-23-38-59(78)49(6)62(80)46(3)28-20-16-12-11-13-17-21-29-47(4)63(81)82)60(79)44-56(75)35-26-34-54(73)43-57(76)42-53(72)33-25-32-51(70)40-50(69)30-24-31-52(71)41-55(74)36-27-39-67-64(65)66/h7-11,13-15,17-26,28-30,33,35,37-38,45-46,48-60,62,69-80H,12,16,27,31-32,34,36,39-44H2,1-6H3,(H,81,82)(H4,65,66,67)/b9-7+,10-8+,13-11+,18-14+,19-15+,21-17+,28-20+,30-24+,33-25+,35-26+,37-22-,38-23+,47-29+,68-61?. The zero-order valence-corrected chi connectivity index (χ0v) is 49.1. The maximum atomic E-state index is 11.1. The van der Waals surface area contributed by atoms with Gasteiger partial charge in [-0.15, -0.1) is 0 Å². The van der Waals surface area contributed by atoms with Crippen LogP contribution in [0.4, 0.5) is 0 Å². The number of aliphatic hydroxyl groups is 12. The van der Waals surface area contributed by atoms with Crippen molar-refractivity contribution in [2.24, 2.45) is 39.2 Å². The lowest BCUT2D eigenvalue weighted by atomic mass is 9.88. The molecule has 462 valence electrons. The molecular weight excluding hydrogens is 1050 g/mol. The van der Waals surface area contributed by atoms with Crippen LogP contribution in [-0.2, 0) is 4.79 Å². The van der Waals surface area contributed by atoms with Crippen molar-refractivity contribution in [3.63, 3.8) is 0 Å². The first kappa shape index (κ1) is 76.5. The zero-order chi connectivity index (χ0) is 61.8. The van der Waals surface area contributed by atoms with Gasteiger partial charge in [-0.25, -0.2) is 4.79 Å². The number of aliphatic hydroxyl groups excluding tert-OH is 12. The quantitative estimate of drug-likeness (QED) is 0.00864. The van der Waals surface area contributed by atoms with Crippen LogP contribution in [-0.4, -0.2) is 170 Å². The molecule has 18 heteroatoms. The Labute approximate surface area is 488 Å². The Morgan fingerprint density at radius 1 is 0.488 bits per heavy atom. The second-order valence-corrected chi connectivity index (χ2v) is 21.0. The van der Waals surface area contributed by atoms with E-state index in [-0.39, 0.29) is 74.9 Å². The molecule has 0 rings (SSSR count). The number of rotatable bonds is 44. The number of carboxylic acid groups (broad SMARTS) is 1. The Morgan fingerprint density at radius 2 is 0.939 bits per heavy atom. The molecule has 18 nitrogen and oxygen atoms in total. The van der Waals surface area contributed by atoms with Gasteiger partial charge in [0.15, 0.2) is 5.96 Å². The van der Waals surface area contributed by atoms with E-state index in [0.717, 1.165) is 12.8 Å². The molecule has 0 amide bonds. The van der Waals surface area contributed by atoms with Crippen LogP contribution in [0.3, 0.4) is 0 Å².